The minimum absolute atomic E-state index is 0.167. The van der Waals surface area contributed by atoms with Crippen LogP contribution < -0.4 is 4.74 Å². The molecule has 1 saturated heterocycles. The molecule has 0 bridgehead atoms. The van der Waals surface area contributed by atoms with E-state index < -0.39 is 11.6 Å². The Morgan fingerprint density at radius 1 is 1.27 bits per heavy atom. The fourth-order valence-corrected chi connectivity index (χ4v) is 2.35. The summed E-state index contributed by atoms with van der Waals surface area (Å²) in [6.07, 6.45) is 1.06. The number of halogens is 2. The average Bonchev–Trinajstić information content (AvgIpc) is 2.53. The Morgan fingerprint density at radius 2 is 1.95 bits per heavy atom. The van der Waals surface area contributed by atoms with E-state index in [-0.39, 0.29) is 30.2 Å². The molecule has 0 spiro atoms. The summed E-state index contributed by atoms with van der Waals surface area (Å²) in [5.41, 5.74) is 0. The fourth-order valence-electron chi connectivity index (χ4n) is 2.35. The molecule has 120 valence electrons. The number of nitrogens with zero attached hydrogens (tertiary/aromatic N) is 1. The first-order valence-electron chi connectivity index (χ1n) is 6.94. The summed E-state index contributed by atoms with van der Waals surface area (Å²) in [7, 11) is 1.34. The highest BCUT2D eigenvalue weighted by atomic mass is 19.1. The smallest absolute Gasteiger partial charge is 0.308 e. The van der Waals surface area contributed by atoms with Gasteiger partial charge in [-0.3, -0.25) is 9.59 Å². The Hall–Kier alpha value is -2.18. The largest absolute Gasteiger partial charge is 0.481 e. The van der Waals surface area contributed by atoms with Crippen LogP contribution in [0.1, 0.15) is 12.8 Å². The Labute approximate surface area is 126 Å². The first kappa shape index (κ1) is 16.2. The van der Waals surface area contributed by atoms with Crippen LogP contribution in [0, 0.1) is 17.6 Å². The number of piperidine rings is 1. The third kappa shape index (κ3) is 3.93. The van der Waals surface area contributed by atoms with Crippen molar-refractivity contribution in [1.29, 1.82) is 0 Å². The molecular weight excluding hydrogens is 296 g/mol. The van der Waals surface area contributed by atoms with Gasteiger partial charge in [0.1, 0.15) is 5.82 Å². The van der Waals surface area contributed by atoms with Crippen LogP contribution in [0.3, 0.4) is 0 Å². The van der Waals surface area contributed by atoms with Crippen molar-refractivity contribution in [3.8, 4) is 5.75 Å². The molecule has 1 aliphatic heterocycles. The minimum atomic E-state index is -0.850. The summed E-state index contributed by atoms with van der Waals surface area (Å²) in [4.78, 5) is 24.9. The molecule has 0 N–H and O–H groups in total. The standard InChI is InChI=1S/C15H17F2NO4/c1-21-15(20)10-4-6-18(7-5-10)14(19)9-22-13-3-2-11(16)8-12(13)17/h2-3,8,10H,4-7,9H2,1H3. The second kappa shape index (κ2) is 7.20. The lowest BCUT2D eigenvalue weighted by molar-refractivity contribution is -0.149. The molecule has 1 fully saturated rings. The predicted molar refractivity (Wildman–Crippen MR) is 73.2 cm³/mol. The minimum Gasteiger partial charge on any atom is -0.481 e. The zero-order valence-electron chi connectivity index (χ0n) is 12.2. The molecule has 1 aromatic carbocycles. The van der Waals surface area contributed by atoms with E-state index in [0.29, 0.717) is 32.0 Å². The number of esters is 1. The second-order valence-corrected chi connectivity index (χ2v) is 5.04. The molecule has 1 aromatic rings. The van der Waals surface area contributed by atoms with E-state index in [0.717, 1.165) is 12.1 Å². The molecule has 0 unspecified atom stereocenters. The van der Waals surface area contributed by atoms with Crippen molar-refractivity contribution in [2.75, 3.05) is 26.8 Å². The van der Waals surface area contributed by atoms with Gasteiger partial charge < -0.3 is 14.4 Å². The van der Waals surface area contributed by atoms with Crippen LogP contribution in [-0.4, -0.2) is 43.6 Å². The Morgan fingerprint density at radius 3 is 2.55 bits per heavy atom. The normalized spacial score (nSPS) is 15.5. The molecule has 0 aliphatic carbocycles. The molecule has 0 atom stereocenters. The molecule has 5 nitrogen and oxygen atoms in total. The average molecular weight is 313 g/mol. The van der Waals surface area contributed by atoms with Crippen molar-refractivity contribution < 1.29 is 27.8 Å². The van der Waals surface area contributed by atoms with Crippen molar-refractivity contribution >= 4 is 11.9 Å². The maximum Gasteiger partial charge on any atom is 0.308 e. The number of hydrogen-bond acceptors (Lipinski definition) is 4. The maximum absolute atomic E-state index is 13.4. The highest BCUT2D eigenvalue weighted by molar-refractivity contribution is 5.78. The molecule has 2 rings (SSSR count). The molecule has 1 heterocycles. The van der Waals surface area contributed by atoms with Gasteiger partial charge in [0.25, 0.3) is 5.91 Å². The zero-order chi connectivity index (χ0) is 16.1. The van der Waals surface area contributed by atoms with Crippen LogP contribution >= 0.6 is 0 Å². The van der Waals surface area contributed by atoms with E-state index in [2.05, 4.69) is 4.74 Å². The van der Waals surface area contributed by atoms with E-state index >= 15 is 0 Å². The number of ether oxygens (including phenoxy) is 2. The van der Waals surface area contributed by atoms with Gasteiger partial charge in [-0.25, -0.2) is 8.78 Å². The SMILES string of the molecule is COC(=O)C1CCN(C(=O)COc2ccc(F)cc2F)CC1. The van der Waals surface area contributed by atoms with Crippen molar-refractivity contribution in [3.05, 3.63) is 29.8 Å². The summed E-state index contributed by atoms with van der Waals surface area (Å²) in [5, 5.41) is 0. The first-order chi connectivity index (χ1) is 10.5. The van der Waals surface area contributed by atoms with Gasteiger partial charge in [-0.2, -0.15) is 0 Å². The van der Waals surface area contributed by atoms with Crippen molar-refractivity contribution in [2.45, 2.75) is 12.8 Å². The van der Waals surface area contributed by atoms with Gasteiger partial charge in [-0.1, -0.05) is 0 Å². The number of likely N-dealkylation sites (tertiary alicyclic amines) is 1. The van der Waals surface area contributed by atoms with Crippen molar-refractivity contribution in [3.63, 3.8) is 0 Å². The van der Waals surface area contributed by atoms with Crippen LogP contribution in [0.15, 0.2) is 18.2 Å². The van der Waals surface area contributed by atoms with Gasteiger partial charge in [0.05, 0.1) is 13.0 Å². The molecule has 7 heteroatoms. The quantitative estimate of drug-likeness (QED) is 0.795. The lowest BCUT2D eigenvalue weighted by Gasteiger charge is -2.30. The van der Waals surface area contributed by atoms with Gasteiger partial charge in [0, 0.05) is 19.2 Å². The molecule has 0 aromatic heterocycles. The van der Waals surface area contributed by atoms with Gasteiger partial charge in [0.15, 0.2) is 18.2 Å². The predicted octanol–water partition coefficient (Wildman–Crippen LogP) is 1.76. The molecule has 0 saturated carbocycles. The first-order valence-corrected chi connectivity index (χ1v) is 6.94. The summed E-state index contributed by atoms with van der Waals surface area (Å²) in [6, 6.07) is 2.90. The number of methoxy groups -OCH3 is 1. The lowest BCUT2D eigenvalue weighted by atomic mass is 9.97. The van der Waals surface area contributed by atoms with E-state index in [9.17, 15) is 18.4 Å². The third-order valence-corrected chi connectivity index (χ3v) is 3.63. The summed E-state index contributed by atoms with van der Waals surface area (Å²) >= 11 is 0. The van der Waals surface area contributed by atoms with E-state index in [1.54, 1.807) is 4.90 Å². The third-order valence-electron chi connectivity index (χ3n) is 3.63. The zero-order valence-corrected chi connectivity index (χ0v) is 12.2. The lowest BCUT2D eigenvalue weighted by Crippen LogP contribution is -2.42. The monoisotopic (exact) mass is 313 g/mol. The highest BCUT2D eigenvalue weighted by Crippen LogP contribution is 2.20. The van der Waals surface area contributed by atoms with E-state index in [1.807, 2.05) is 0 Å². The summed E-state index contributed by atoms with van der Waals surface area (Å²) < 4.78 is 35.9. The fraction of sp³-hybridized carbons (Fsp3) is 0.467. The van der Waals surface area contributed by atoms with Crippen LogP contribution in [0.2, 0.25) is 0 Å². The van der Waals surface area contributed by atoms with Crippen LogP contribution in [0.5, 0.6) is 5.75 Å². The Bertz CT molecular complexity index is 556. The van der Waals surface area contributed by atoms with E-state index in [1.165, 1.54) is 7.11 Å². The number of carbonyl (C=O) groups excluding carboxylic acids is 2. The van der Waals surface area contributed by atoms with Crippen molar-refractivity contribution in [2.24, 2.45) is 5.92 Å². The van der Waals surface area contributed by atoms with Crippen LogP contribution in [-0.2, 0) is 14.3 Å². The van der Waals surface area contributed by atoms with Crippen LogP contribution in [0.4, 0.5) is 8.78 Å². The Kier molecular flexibility index (Phi) is 5.30. The highest BCUT2D eigenvalue weighted by Gasteiger charge is 2.28. The van der Waals surface area contributed by atoms with Gasteiger partial charge in [-0.05, 0) is 25.0 Å². The summed E-state index contributed by atoms with van der Waals surface area (Å²) in [6.45, 7) is 0.521. The number of hydrogen-bond donors (Lipinski definition) is 0. The Balaban J connectivity index is 1.82. The van der Waals surface area contributed by atoms with E-state index in [4.69, 9.17) is 4.74 Å². The van der Waals surface area contributed by atoms with Gasteiger partial charge >= 0.3 is 5.97 Å². The topological polar surface area (TPSA) is 55.8 Å². The number of rotatable bonds is 4. The number of benzene rings is 1. The second-order valence-electron chi connectivity index (χ2n) is 5.04. The van der Waals surface area contributed by atoms with Crippen molar-refractivity contribution in [1.82, 2.24) is 4.90 Å². The number of carbonyl (C=O) groups is 2. The molecule has 0 radical (unpaired) electrons. The maximum atomic E-state index is 13.4. The number of amides is 1. The molecule has 1 aliphatic rings. The molecule has 1 amide bonds. The van der Waals surface area contributed by atoms with Crippen LogP contribution in [0.25, 0.3) is 0 Å². The van der Waals surface area contributed by atoms with Gasteiger partial charge in [-0.15, -0.1) is 0 Å². The summed E-state index contributed by atoms with van der Waals surface area (Å²) in [5.74, 6) is -2.48. The molecule has 22 heavy (non-hydrogen) atoms. The molecular formula is C15H17F2NO4. The van der Waals surface area contributed by atoms with Gasteiger partial charge in [0.2, 0.25) is 0 Å².